The number of aromatic amines is 4. The van der Waals surface area contributed by atoms with Gasteiger partial charge in [0.1, 0.15) is 116 Å². The van der Waals surface area contributed by atoms with E-state index in [4.69, 9.17) is 24.7 Å². The summed E-state index contributed by atoms with van der Waals surface area (Å²) in [7, 11) is 0. The van der Waals surface area contributed by atoms with Gasteiger partial charge in [-0.05, 0) is 129 Å². The Bertz CT molecular complexity index is 8590. The molecule has 8 aromatic carbocycles. The van der Waals surface area contributed by atoms with E-state index in [1.54, 1.807) is 109 Å². The molecule has 0 aliphatic carbocycles. The number of nitrogens with zero attached hydrogens (tertiary/aromatic N) is 20. The molecule has 0 saturated carbocycles. The van der Waals surface area contributed by atoms with Gasteiger partial charge in [-0.25, -0.2) is 97.3 Å². The van der Waals surface area contributed by atoms with E-state index in [0.717, 1.165) is 74.5 Å². The molecule has 0 radical (unpaired) electrons. The van der Waals surface area contributed by atoms with Gasteiger partial charge in [0.05, 0.1) is 104 Å². The number of rotatable bonds is 19. The molecule has 0 spiro atoms. The van der Waals surface area contributed by atoms with Crippen molar-refractivity contribution in [3.8, 4) is 22.7 Å². The van der Waals surface area contributed by atoms with E-state index in [-0.39, 0.29) is 177 Å². The van der Waals surface area contributed by atoms with Crippen molar-refractivity contribution in [1.29, 1.82) is 0 Å². The van der Waals surface area contributed by atoms with Crippen LogP contribution in [0.3, 0.4) is 0 Å². The molecule has 0 amide bonds. The molecule has 8 N–H and O–H groups in total. The standard InChI is InChI=1S/3C22H18FN7O.C21H16FN7O/c3*1-2-15(28-20-18-19(25-11-24-18)26-12-27-20)21-29-16-10-6-9-14(23)17(16)22(31)30(21)13-7-4-3-5-8-13;1-12(27-19-17-18(24-10-23-17)25-11-26-19)20-28-16-8-7-13(22)9-15(16)21(30)29(20)14-5-3-2-4-6-14/h3*3-12,15H,2H2,1H3,(H2,24,25,26,27,28);2-12H,1H3,(H2,23,24,25,26,27)/t3*15-;12-/m0000/s1/i2D2,11D,15D;1D3,11D,15D;1D3,2D2,11D;1D3,10D,12D. The number of fused-ring (bicyclic) bond motifs is 8. The quantitative estimate of drug-likeness (QED) is 0.0349. The van der Waals surface area contributed by atoms with E-state index < -0.39 is 115 Å². The maximum atomic E-state index is 14.7. The minimum absolute atomic E-state index is 0.0160. The number of hydrogen-bond donors (Lipinski definition) is 8. The molecular weight excluding hydrogens is 1580 g/mol. The fourth-order valence-corrected chi connectivity index (χ4v) is 13.1. The predicted octanol–water partition coefficient (Wildman–Crippen LogP) is 14.6. The van der Waals surface area contributed by atoms with Crippen molar-refractivity contribution in [3.63, 3.8) is 0 Å². The number of imidazole rings is 4. The predicted molar refractivity (Wildman–Crippen MR) is 458 cm³/mol. The van der Waals surface area contributed by atoms with E-state index in [0.29, 0.717) is 0 Å². The third-order valence-electron chi connectivity index (χ3n) is 18.7. The van der Waals surface area contributed by atoms with Gasteiger partial charge in [-0.15, -0.1) is 0 Å². The number of nitrogens with one attached hydrogen (secondary N) is 8. The molecule has 32 nitrogen and oxygen atoms in total. The first-order valence-corrected chi connectivity index (χ1v) is 36.6. The van der Waals surface area contributed by atoms with E-state index in [1.807, 2.05) is 0 Å². The van der Waals surface area contributed by atoms with Gasteiger partial charge in [-0.3, -0.25) is 37.4 Å². The number of benzene rings is 8. The molecule has 0 fully saturated rings. The minimum Gasteiger partial charge on any atom is -0.358 e. The van der Waals surface area contributed by atoms with Crippen LogP contribution in [0.25, 0.3) is 111 Å². The fourth-order valence-electron chi connectivity index (χ4n) is 13.1. The average molecular weight is 1670 g/mol. The van der Waals surface area contributed by atoms with Gasteiger partial charge in [-0.1, -0.05) is 112 Å². The van der Waals surface area contributed by atoms with E-state index in [2.05, 4.69) is 121 Å². The van der Waals surface area contributed by atoms with Crippen molar-refractivity contribution >= 4 is 112 Å². The monoisotopic (exact) mass is 1670 g/mol. The molecule has 12 aromatic heterocycles. The Balaban J connectivity index is 0.000000131. The minimum atomic E-state index is -3.20. The maximum absolute atomic E-state index is 14.7. The lowest BCUT2D eigenvalue weighted by Gasteiger charge is -2.22. The summed E-state index contributed by atoms with van der Waals surface area (Å²) in [4.78, 5) is 131. The number of anilines is 4. The van der Waals surface area contributed by atoms with Gasteiger partial charge in [0.2, 0.25) is 0 Å². The SMILES string of the molecule is [2H]c1nc2c(N[C@@]([2H])(CC([2H])([2H])[2H])c3nc4cccc(F)c4c(=O)n3-c3ccccc3)ncnc2[nH]1.[2H]c1nc2c(N[C@H](c3nc4cccc(F)c4c(=O)n3-c3ccccc3)C([2H])([2H])C([2H])([2H])[2H])ncnc2[nH]1.[2H]c1nc2c(N[C@]([2H])(c3nc4ccc(F)cc4c(=O)n3-c3ccccc3)C([2H])([2H])[2H])ncnc2[nH]1.[2H]c1nc2c(N[C@]([2H])(c3nc4cccc(F)c4c(=O)n3-c3ccccc3)C([2H])([2H])C)ncnc2[nH]1. The zero-order chi connectivity index (χ0) is 102. The zero-order valence-electron chi connectivity index (χ0n) is 83.2. The van der Waals surface area contributed by atoms with Crippen LogP contribution in [-0.4, -0.2) is 118 Å². The summed E-state index contributed by atoms with van der Waals surface area (Å²) < 4.78 is 227. The topological polar surface area (TPSA) is 406 Å². The van der Waals surface area contributed by atoms with Crippen LogP contribution >= 0.6 is 0 Å². The van der Waals surface area contributed by atoms with Crippen LogP contribution in [0.2, 0.25) is 0 Å². The third-order valence-corrected chi connectivity index (χ3v) is 18.7. The number of aromatic nitrogens is 24. The van der Waals surface area contributed by atoms with Crippen molar-refractivity contribution in [2.45, 2.75) is 70.7 Å². The summed E-state index contributed by atoms with van der Waals surface area (Å²) in [5, 5.41) is 9.84. The highest BCUT2D eigenvalue weighted by Crippen LogP contribution is 2.33. The highest BCUT2D eigenvalue weighted by atomic mass is 19.1. The second kappa shape index (κ2) is 34.6. The van der Waals surface area contributed by atoms with Gasteiger partial charge in [0.15, 0.2) is 45.9 Å². The Morgan fingerprint density at radius 1 is 0.382 bits per heavy atom. The Kier molecular flexibility index (Phi) is 16.4. The molecule has 4 atom stereocenters. The molecule has 12 heterocycles. The molecule has 123 heavy (non-hydrogen) atoms. The van der Waals surface area contributed by atoms with E-state index in [1.165, 1.54) is 60.9 Å². The first-order valence-electron chi connectivity index (χ1n) is 46.6. The van der Waals surface area contributed by atoms with Crippen molar-refractivity contribution in [3.05, 3.63) is 333 Å². The summed E-state index contributed by atoms with van der Waals surface area (Å²) in [5.41, 5.74) is -1.32. The molecule has 0 bridgehead atoms. The highest BCUT2D eigenvalue weighted by molar-refractivity contribution is 5.87. The van der Waals surface area contributed by atoms with Crippen LogP contribution in [0.4, 0.5) is 40.8 Å². The Morgan fingerprint density at radius 2 is 0.748 bits per heavy atom. The Morgan fingerprint density at radius 3 is 1.15 bits per heavy atom. The summed E-state index contributed by atoms with van der Waals surface area (Å²) in [5.74, 6) is -4.81. The second-order valence-electron chi connectivity index (χ2n) is 26.1. The smallest absolute Gasteiger partial charge is 0.269 e. The van der Waals surface area contributed by atoms with Crippen molar-refractivity contribution in [2.75, 3.05) is 21.3 Å². The van der Waals surface area contributed by atoms with Gasteiger partial charge < -0.3 is 41.2 Å². The van der Waals surface area contributed by atoms with Gasteiger partial charge >= 0.3 is 0 Å². The number of hydrogen-bond acceptors (Lipinski definition) is 24. The molecule has 36 heteroatoms. The lowest BCUT2D eigenvalue weighted by atomic mass is 10.1. The molecular formula is C87H70F4N28O4. The fraction of sp³-hybridized carbons (Fsp3) is 0.126. The van der Waals surface area contributed by atoms with Crippen LogP contribution in [-0.2, 0) is 0 Å². The van der Waals surface area contributed by atoms with Gasteiger partial charge in [0, 0.05) is 17.8 Å². The molecule has 0 saturated heterocycles. The van der Waals surface area contributed by atoms with Crippen molar-refractivity contribution < 1.29 is 45.0 Å². The second-order valence-corrected chi connectivity index (χ2v) is 26.1. The summed E-state index contributed by atoms with van der Waals surface area (Å²) in [6.07, 6.45) is -2.51. The number of halogens is 4. The summed E-state index contributed by atoms with van der Waals surface area (Å²) in [6.45, 7) is -7.78. The van der Waals surface area contributed by atoms with Gasteiger partial charge in [0.25, 0.3) is 22.2 Å². The Hall–Kier alpha value is -16.6. The van der Waals surface area contributed by atoms with Crippen molar-refractivity contribution in [2.24, 2.45) is 0 Å². The zero-order valence-corrected chi connectivity index (χ0v) is 63.2. The van der Waals surface area contributed by atoms with Crippen LogP contribution in [0.15, 0.2) is 264 Å². The van der Waals surface area contributed by atoms with Crippen LogP contribution in [0.5, 0.6) is 0 Å². The number of para-hydroxylation sites is 4. The van der Waals surface area contributed by atoms with Gasteiger partial charge in [-0.2, -0.15) is 0 Å². The lowest BCUT2D eigenvalue weighted by molar-refractivity contribution is 0.628. The van der Waals surface area contributed by atoms with E-state index in [9.17, 15) is 39.5 Å². The third kappa shape index (κ3) is 15.7. The van der Waals surface area contributed by atoms with Crippen molar-refractivity contribution in [1.82, 2.24) is 118 Å². The summed E-state index contributed by atoms with van der Waals surface area (Å²) in [6, 6.07) is 38.1. The number of H-pyrrole nitrogens is 4. The first-order chi connectivity index (χ1) is 67.7. The van der Waals surface area contributed by atoms with E-state index >= 15 is 0 Å². The molecule has 0 aliphatic rings. The first kappa shape index (κ1) is 58.3. The molecule has 20 aromatic rings. The van der Waals surface area contributed by atoms with Crippen LogP contribution in [0, 0.1) is 23.3 Å². The molecule has 0 aliphatic heterocycles. The molecule has 610 valence electrons. The molecule has 0 unspecified atom stereocenters. The highest BCUT2D eigenvalue weighted by Gasteiger charge is 2.29. The lowest BCUT2D eigenvalue weighted by Crippen LogP contribution is -2.28. The Labute approximate surface area is 719 Å². The summed E-state index contributed by atoms with van der Waals surface area (Å²) >= 11 is 0. The van der Waals surface area contributed by atoms with Crippen LogP contribution < -0.4 is 43.5 Å². The maximum Gasteiger partial charge on any atom is 0.269 e. The largest absolute Gasteiger partial charge is 0.358 e. The molecule has 20 rings (SSSR count). The normalized spacial score (nSPS) is 16.0. The van der Waals surface area contributed by atoms with Crippen LogP contribution in [0.1, 0.15) is 121 Å². The average Bonchev–Trinajstić information content (AvgIpc) is 1.43.